The van der Waals surface area contributed by atoms with Crippen LogP contribution in [-0.4, -0.2) is 5.16 Å². The molecule has 0 spiro atoms. The molecule has 1 N–H and O–H groups in total. The highest BCUT2D eigenvalue weighted by Crippen LogP contribution is 2.14. The summed E-state index contributed by atoms with van der Waals surface area (Å²) >= 11 is 0. The second-order valence-electron chi connectivity index (χ2n) is 2.06. The normalized spacial score (nSPS) is 10.2. The summed E-state index contributed by atoms with van der Waals surface area (Å²) < 4.78 is 9.45. The van der Waals surface area contributed by atoms with E-state index in [4.69, 9.17) is 4.42 Å². The van der Waals surface area contributed by atoms with Crippen LogP contribution >= 0.6 is 0 Å². The maximum atomic E-state index is 10.5. The third kappa shape index (κ3) is 0.980. The smallest absolute Gasteiger partial charge is 0.358 e. The van der Waals surface area contributed by atoms with Gasteiger partial charge in [0.2, 0.25) is 0 Å². The second kappa shape index (κ2) is 2.16. The van der Waals surface area contributed by atoms with E-state index in [1.54, 1.807) is 12.1 Å². The molecule has 2 aromatic rings. The zero-order chi connectivity index (χ0) is 7.68. The van der Waals surface area contributed by atoms with Crippen LogP contribution in [0.25, 0.3) is 11.5 Å². The van der Waals surface area contributed by atoms with Gasteiger partial charge in [0.1, 0.15) is 5.69 Å². The molecule has 0 aliphatic heterocycles. The first kappa shape index (κ1) is 6.03. The summed E-state index contributed by atoms with van der Waals surface area (Å²) in [5.41, 5.74) is 0.149. The third-order valence-corrected chi connectivity index (χ3v) is 1.31. The summed E-state index contributed by atoms with van der Waals surface area (Å²) in [4.78, 5) is 10.5. The first-order valence-corrected chi connectivity index (χ1v) is 3.08. The van der Waals surface area contributed by atoms with Gasteiger partial charge in [0.25, 0.3) is 0 Å². The summed E-state index contributed by atoms with van der Waals surface area (Å²) in [5.74, 6) is 0.593. The van der Waals surface area contributed by atoms with E-state index in [2.05, 4.69) is 9.68 Å². The number of H-pyrrole nitrogens is 1. The molecule has 0 atom stereocenters. The maximum absolute atomic E-state index is 10.5. The van der Waals surface area contributed by atoms with Crippen LogP contribution in [0.15, 0.2) is 38.2 Å². The average Bonchev–Trinajstić information content (AvgIpc) is 2.55. The fraction of sp³-hybridized carbons (Fsp3) is 0. The largest absolute Gasteiger partial charge is 0.463 e. The van der Waals surface area contributed by atoms with Gasteiger partial charge in [-0.1, -0.05) is 0 Å². The van der Waals surface area contributed by atoms with E-state index in [1.807, 2.05) is 0 Å². The molecule has 0 radical (unpaired) electrons. The van der Waals surface area contributed by atoms with Gasteiger partial charge >= 0.3 is 5.63 Å². The van der Waals surface area contributed by atoms with Crippen LogP contribution in [0.5, 0.6) is 0 Å². The third-order valence-electron chi connectivity index (χ3n) is 1.31. The predicted molar refractivity (Wildman–Crippen MR) is 37.0 cm³/mol. The molecular weight excluding hydrogens is 146 g/mol. The van der Waals surface area contributed by atoms with Crippen LogP contribution in [0.3, 0.4) is 0 Å². The molecule has 0 aromatic carbocycles. The molecule has 0 aliphatic rings. The SMILES string of the molecule is O=c1cc(-c2ccco2)[nH]o1. The van der Waals surface area contributed by atoms with Crippen LogP contribution in [0.2, 0.25) is 0 Å². The lowest BCUT2D eigenvalue weighted by molar-refractivity contribution is 0.392. The molecule has 0 fully saturated rings. The molecule has 2 heterocycles. The summed E-state index contributed by atoms with van der Waals surface area (Å²) in [5, 5.41) is 2.43. The van der Waals surface area contributed by atoms with Crippen LogP contribution in [0.4, 0.5) is 0 Å². The Kier molecular flexibility index (Phi) is 1.18. The van der Waals surface area contributed by atoms with Gasteiger partial charge in [-0.3, -0.25) is 0 Å². The number of aromatic nitrogens is 1. The van der Waals surface area contributed by atoms with Gasteiger partial charge in [0.15, 0.2) is 5.76 Å². The fourth-order valence-electron chi connectivity index (χ4n) is 0.835. The van der Waals surface area contributed by atoms with E-state index in [0.717, 1.165) is 0 Å². The lowest BCUT2D eigenvalue weighted by atomic mass is 10.3. The highest BCUT2D eigenvalue weighted by atomic mass is 16.5. The summed E-state index contributed by atoms with van der Waals surface area (Å²) in [6.07, 6.45) is 1.53. The Hall–Kier alpha value is -1.71. The standard InChI is InChI=1S/C7H5NO3/c9-7-4-5(8-11-7)6-2-1-3-10-6/h1-4,8H. The van der Waals surface area contributed by atoms with E-state index >= 15 is 0 Å². The topological polar surface area (TPSA) is 59.1 Å². The summed E-state index contributed by atoms with van der Waals surface area (Å²) in [6, 6.07) is 4.81. The van der Waals surface area contributed by atoms with Crippen LogP contribution in [0, 0.1) is 0 Å². The summed E-state index contributed by atoms with van der Waals surface area (Å²) in [7, 11) is 0. The molecule has 4 nitrogen and oxygen atoms in total. The van der Waals surface area contributed by atoms with Gasteiger partial charge < -0.3 is 8.94 Å². The van der Waals surface area contributed by atoms with Crippen molar-refractivity contribution >= 4 is 0 Å². The van der Waals surface area contributed by atoms with Gasteiger partial charge in [0.05, 0.1) is 12.3 Å². The minimum Gasteiger partial charge on any atom is -0.463 e. The van der Waals surface area contributed by atoms with Crippen molar-refractivity contribution in [3.8, 4) is 11.5 Å². The number of hydrogen-bond donors (Lipinski definition) is 1. The quantitative estimate of drug-likeness (QED) is 0.666. The number of rotatable bonds is 1. The molecule has 0 aliphatic carbocycles. The minimum atomic E-state index is -0.406. The van der Waals surface area contributed by atoms with Crippen molar-refractivity contribution in [2.75, 3.05) is 0 Å². The van der Waals surface area contributed by atoms with Crippen molar-refractivity contribution in [3.63, 3.8) is 0 Å². The van der Waals surface area contributed by atoms with Gasteiger partial charge in [-0.2, -0.15) is 0 Å². The van der Waals surface area contributed by atoms with Crippen molar-refractivity contribution in [2.24, 2.45) is 0 Å². The van der Waals surface area contributed by atoms with E-state index in [-0.39, 0.29) is 0 Å². The van der Waals surface area contributed by atoms with Crippen molar-refractivity contribution in [2.45, 2.75) is 0 Å². The molecule has 4 heteroatoms. The lowest BCUT2D eigenvalue weighted by Crippen LogP contribution is -1.85. The monoisotopic (exact) mass is 151 g/mol. The lowest BCUT2D eigenvalue weighted by Gasteiger charge is -1.83. The molecule has 0 saturated heterocycles. The van der Waals surface area contributed by atoms with Gasteiger partial charge in [-0.15, -0.1) is 0 Å². The Morgan fingerprint density at radius 2 is 2.36 bits per heavy atom. The Labute approximate surface area is 61.4 Å². The number of nitrogens with one attached hydrogen (secondary N) is 1. The first-order chi connectivity index (χ1) is 5.36. The van der Waals surface area contributed by atoms with Crippen molar-refractivity contribution < 1.29 is 8.94 Å². The second-order valence-corrected chi connectivity index (χ2v) is 2.06. The highest BCUT2D eigenvalue weighted by molar-refractivity contribution is 5.49. The molecule has 0 saturated carbocycles. The Morgan fingerprint density at radius 3 is 2.91 bits per heavy atom. The van der Waals surface area contributed by atoms with Crippen LogP contribution in [-0.2, 0) is 0 Å². The molecule has 2 aromatic heterocycles. The molecule has 0 bridgehead atoms. The van der Waals surface area contributed by atoms with Crippen LogP contribution in [0.1, 0.15) is 0 Å². The first-order valence-electron chi connectivity index (χ1n) is 3.08. The maximum Gasteiger partial charge on any atom is 0.358 e. The van der Waals surface area contributed by atoms with E-state index in [9.17, 15) is 4.79 Å². The van der Waals surface area contributed by atoms with Crippen molar-refractivity contribution in [3.05, 3.63) is 34.9 Å². The van der Waals surface area contributed by atoms with E-state index in [0.29, 0.717) is 11.5 Å². The number of aromatic amines is 1. The molecular formula is C7H5NO3. The fourth-order valence-corrected chi connectivity index (χ4v) is 0.835. The molecule has 2 rings (SSSR count). The van der Waals surface area contributed by atoms with E-state index < -0.39 is 5.63 Å². The Morgan fingerprint density at radius 1 is 1.45 bits per heavy atom. The average molecular weight is 151 g/mol. The number of hydrogen-bond acceptors (Lipinski definition) is 3. The Bertz CT molecular complexity index is 382. The molecule has 56 valence electrons. The zero-order valence-corrected chi connectivity index (χ0v) is 5.53. The van der Waals surface area contributed by atoms with Gasteiger partial charge in [0, 0.05) is 0 Å². The van der Waals surface area contributed by atoms with Crippen molar-refractivity contribution in [1.82, 2.24) is 5.16 Å². The van der Waals surface area contributed by atoms with Crippen molar-refractivity contribution in [1.29, 1.82) is 0 Å². The summed E-state index contributed by atoms with van der Waals surface area (Å²) in [6.45, 7) is 0. The number of furan rings is 1. The van der Waals surface area contributed by atoms with Gasteiger partial charge in [-0.05, 0) is 12.1 Å². The zero-order valence-electron chi connectivity index (χ0n) is 5.53. The highest BCUT2D eigenvalue weighted by Gasteiger charge is 2.02. The Balaban J connectivity index is 2.53. The molecule has 11 heavy (non-hydrogen) atoms. The minimum absolute atomic E-state index is 0.406. The predicted octanol–water partition coefficient (Wildman–Crippen LogP) is 1.23. The molecule has 0 amide bonds. The van der Waals surface area contributed by atoms with E-state index in [1.165, 1.54) is 12.3 Å². The van der Waals surface area contributed by atoms with Crippen LogP contribution < -0.4 is 5.63 Å². The van der Waals surface area contributed by atoms with Gasteiger partial charge in [-0.25, -0.2) is 9.95 Å². The molecule has 0 unspecified atom stereocenters.